The smallest absolute Gasteiger partial charge is 0.233 e. The van der Waals surface area contributed by atoms with Crippen molar-refractivity contribution in [2.24, 2.45) is 0 Å². The van der Waals surface area contributed by atoms with Crippen LogP contribution in [0.4, 0.5) is 0 Å². The molecule has 0 aromatic carbocycles. The Balaban J connectivity index is 1.61. The van der Waals surface area contributed by atoms with Crippen LogP contribution in [0.15, 0.2) is 12.1 Å². The zero-order chi connectivity index (χ0) is 13.9. The molecule has 1 aromatic rings. The fraction of sp³-hybridized carbons (Fsp3) is 0.643. The summed E-state index contributed by atoms with van der Waals surface area (Å²) in [5.74, 6) is 0.893. The van der Waals surface area contributed by atoms with Crippen LogP contribution in [-0.4, -0.2) is 60.9 Å². The Hall–Kier alpha value is -0.560. The highest BCUT2D eigenvalue weighted by atomic mass is 32.2. The summed E-state index contributed by atoms with van der Waals surface area (Å²) in [5, 5.41) is 0.224. The Morgan fingerprint density at radius 1 is 1.30 bits per heavy atom. The SMILES string of the molecule is Cc1ccc(C2SCC(=O)N2CCN2CCOCC2)s1. The van der Waals surface area contributed by atoms with Gasteiger partial charge in [0.2, 0.25) is 5.91 Å². The monoisotopic (exact) mass is 312 g/mol. The van der Waals surface area contributed by atoms with Gasteiger partial charge in [0.15, 0.2) is 0 Å². The van der Waals surface area contributed by atoms with E-state index < -0.39 is 0 Å². The van der Waals surface area contributed by atoms with Crippen LogP contribution in [0, 0.1) is 6.92 Å². The predicted octanol–water partition coefficient (Wildman–Crippen LogP) is 1.96. The lowest BCUT2D eigenvalue weighted by Crippen LogP contribution is -2.42. The number of hydrogen-bond acceptors (Lipinski definition) is 5. The van der Waals surface area contributed by atoms with E-state index in [-0.39, 0.29) is 11.3 Å². The van der Waals surface area contributed by atoms with Gasteiger partial charge in [0.1, 0.15) is 5.37 Å². The molecule has 0 aliphatic carbocycles. The highest BCUT2D eigenvalue weighted by Gasteiger charge is 2.33. The molecule has 2 saturated heterocycles. The van der Waals surface area contributed by atoms with Gasteiger partial charge < -0.3 is 9.64 Å². The lowest BCUT2D eigenvalue weighted by molar-refractivity contribution is -0.128. The lowest BCUT2D eigenvalue weighted by atomic mass is 10.3. The fourth-order valence-electron chi connectivity index (χ4n) is 2.59. The van der Waals surface area contributed by atoms with E-state index in [1.165, 1.54) is 9.75 Å². The number of morpholine rings is 1. The number of thiophene rings is 1. The molecular formula is C14H20N2O2S2. The van der Waals surface area contributed by atoms with Crippen molar-refractivity contribution in [2.75, 3.05) is 45.1 Å². The molecule has 4 nitrogen and oxygen atoms in total. The Morgan fingerprint density at radius 3 is 2.80 bits per heavy atom. The molecule has 3 heterocycles. The maximum absolute atomic E-state index is 12.1. The zero-order valence-electron chi connectivity index (χ0n) is 11.7. The maximum atomic E-state index is 12.1. The molecule has 0 saturated carbocycles. The maximum Gasteiger partial charge on any atom is 0.233 e. The molecule has 1 aromatic heterocycles. The van der Waals surface area contributed by atoms with Gasteiger partial charge in [0.25, 0.3) is 0 Å². The highest BCUT2D eigenvalue weighted by molar-refractivity contribution is 8.00. The number of ether oxygens (including phenoxy) is 1. The van der Waals surface area contributed by atoms with Gasteiger partial charge in [-0.05, 0) is 19.1 Å². The van der Waals surface area contributed by atoms with E-state index in [1.54, 1.807) is 23.1 Å². The number of thioether (sulfide) groups is 1. The number of amides is 1. The Morgan fingerprint density at radius 2 is 2.10 bits per heavy atom. The average molecular weight is 312 g/mol. The second kappa shape index (κ2) is 6.47. The fourth-order valence-corrected chi connectivity index (χ4v) is 4.92. The molecular weight excluding hydrogens is 292 g/mol. The summed E-state index contributed by atoms with van der Waals surface area (Å²) < 4.78 is 5.36. The van der Waals surface area contributed by atoms with Crippen LogP contribution in [0.2, 0.25) is 0 Å². The molecule has 1 atom stereocenters. The molecule has 0 spiro atoms. The molecule has 2 aliphatic heterocycles. The van der Waals surface area contributed by atoms with E-state index in [1.807, 2.05) is 4.90 Å². The third-order valence-corrected chi connectivity index (χ3v) is 6.17. The van der Waals surface area contributed by atoms with Gasteiger partial charge in [0.05, 0.1) is 19.0 Å². The van der Waals surface area contributed by atoms with Gasteiger partial charge in [-0.1, -0.05) is 0 Å². The number of nitrogens with zero attached hydrogens (tertiary/aromatic N) is 2. The molecule has 0 bridgehead atoms. The van der Waals surface area contributed by atoms with Crippen LogP contribution in [0.3, 0.4) is 0 Å². The zero-order valence-corrected chi connectivity index (χ0v) is 13.3. The van der Waals surface area contributed by atoms with Crippen molar-refractivity contribution in [3.8, 4) is 0 Å². The summed E-state index contributed by atoms with van der Waals surface area (Å²) in [4.78, 5) is 19.2. The molecule has 3 rings (SSSR count). The molecule has 1 unspecified atom stereocenters. The first kappa shape index (κ1) is 14.4. The van der Waals surface area contributed by atoms with Crippen molar-refractivity contribution in [1.82, 2.24) is 9.80 Å². The Labute approximate surface area is 128 Å². The van der Waals surface area contributed by atoms with E-state index in [9.17, 15) is 4.79 Å². The van der Waals surface area contributed by atoms with Crippen molar-refractivity contribution in [2.45, 2.75) is 12.3 Å². The number of carbonyl (C=O) groups is 1. The van der Waals surface area contributed by atoms with Crippen molar-refractivity contribution in [3.63, 3.8) is 0 Å². The number of rotatable bonds is 4. The average Bonchev–Trinajstić information content (AvgIpc) is 3.04. The summed E-state index contributed by atoms with van der Waals surface area (Å²) in [6.07, 6.45) is 0. The quantitative estimate of drug-likeness (QED) is 0.851. The molecule has 2 fully saturated rings. The van der Waals surface area contributed by atoms with Crippen LogP contribution in [0.1, 0.15) is 15.1 Å². The third kappa shape index (κ3) is 3.19. The summed E-state index contributed by atoms with van der Waals surface area (Å²) >= 11 is 3.56. The van der Waals surface area contributed by atoms with Crippen molar-refractivity contribution in [1.29, 1.82) is 0 Å². The van der Waals surface area contributed by atoms with E-state index >= 15 is 0 Å². The summed E-state index contributed by atoms with van der Waals surface area (Å²) in [7, 11) is 0. The molecule has 6 heteroatoms. The first-order chi connectivity index (χ1) is 9.74. The first-order valence-corrected chi connectivity index (χ1v) is 8.88. The standard InChI is InChI=1S/C14H20N2O2S2/c1-11-2-3-12(20-11)14-16(13(17)10-19-14)5-4-15-6-8-18-9-7-15/h2-3,14H,4-10H2,1H3. The summed E-state index contributed by atoms with van der Waals surface area (Å²) in [5.41, 5.74) is 0. The second-order valence-electron chi connectivity index (χ2n) is 5.15. The predicted molar refractivity (Wildman–Crippen MR) is 83.2 cm³/mol. The highest BCUT2D eigenvalue weighted by Crippen LogP contribution is 2.41. The molecule has 0 N–H and O–H groups in total. The van der Waals surface area contributed by atoms with Gasteiger partial charge in [-0.25, -0.2) is 0 Å². The van der Waals surface area contributed by atoms with Gasteiger partial charge in [0, 0.05) is 35.9 Å². The minimum absolute atomic E-state index is 0.224. The van der Waals surface area contributed by atoms with Crippen LogP contribution in [0.5, 0.6) is 0 Å². The van der Waals surface area contributed by atoms with Crippen molar-refractivity contribution < 1.29 is 9.53 Å². The van der Waals surface area contributed by atoms with Gasteiger partial charge in [-0.2, -0.15) is 0 Å². The topological polar surface area (TPSA) is 32.8 Å². The molecule has 0 radical (unpaired) electrons. The lowest BCUT2D eigenvalue weighted by Gasteiger charge is -2.30. The summed E-state index contributed by atoms with van der Waals surface area (Å²) in [6.45, 7) is 7.50. The van der Waals surface area contributed by atoms with Gasteiger partial charge in [-0.3, -0.25) is 9.69 Å². The van der Waals surface area contributed by atoms with E-state index in [2.05, 4.69) is 24.0 Å². The molecule has 20 heavy (non-hydrogen) atoms. The number of hydrogen-bond donors (Lipinski definition) is 0. The van der Waals surface area contributed by atoms with Gasteiger partial charge >= 0.3 is 0 Å². The minimum atomic E-state index is 0.224. The van der Waals surface area contributed by atoms with E-state index in [0.29, 0.717) is 5.75 Å². The normalized spacial score (nSPS) is 24.6. The largest absolute Gasteiger partial charge is 0.379 e. The Kier molecular flexibility index (Phi) is 4.65. The van der Waals surface area contributed by atoms with Gasteiger partial charge in [-0.15, -0.1) is 23.1 Å². The third-order valence-electron chi connectivity index (χ3n) is 3.73. The van der Waals surface area contributed by atoms with Crippen LogP contribution in [-0.2, 0) is 9.53 Å². The van der Waals surface area contributed by atoms with Crippen LogP contribution < -0.4 is 0 Å². The number of aryl methyl sites for hydroxylation is 1. The van der Waals surface area contributed by atoms with Crippen molar-refractivity contribution >= 4 is 29.0 Å². The first-order valence-electron chi connectivity index (χ1n) is 7.01. The minimum Gasteiger partial charge on any atom is -0.379 e. The summed E-state index contributed by atoms with van der Waals surface area (Å²) in [6, 6.07) is 4.31. The van der Waals surface area contributed by atoms with Crippen molar-refractivity contribution in [3.05, 3.63) is 21.9 Å². The molecule has 1 amide bonds. The van der Waals surface area contributed by atoms with E-state index in [0.717, 1.165) is 39.4 Å². The Bertz CT molecular complexity index is 471. The molecule has 110 valence electrons. The van der Waals surface area contributed by atoms with E-state index in [4.69, 9.17) is 4.74 Å². The van der Waals surface area contributed by atoms with Crippen LogP contribution >= 0.6 is 23.1 Å². The number of carbonyl (C=O) groups excluding carboxylic acids is 1. The second-order valence-corrected chi connectivity index (χ2v) is 7.54. The molecule has 2 aliphatic rings. The van der Waals surface area contributed by atoms with Crippen LogP contribution in [0.25, 0.3) is 0 Å².